The van der Waals surface area contributed by atoms with Crippen molar-refractivity contribution in [2.45, 2.75) is 56.8 Å². The summed E-state index contributed by atoms with van der Waals surface area (Å²) < 4.78 is 40.5. The molecule has 0 radical (unpaired) electrons. The van der Waals surface area contributed by atoms with Gasteiger partial charge in [-0.05, 0) is 52.3 Å². The number of hydrogen-bond acceptors (Lipinski definition) is 9. The number of H-pyrrole nitrogens is 1. The normalized spacial score (nSPS) is 12.9. The van der Waals surface area contributed by atoms with Crippen LogP contribution < -0.4 is 19.5 Å². The Labute approximate surface area is 214 Å². The second kappa shape index (κ2) is 10.9. The molecule has 3 aromatic rings. The second-order valence-corrected chi connectivity index (χ2v) is 11.5. The van der Waals surface area contributed by atoms with Gasteiger partial charge in [-0.3, -0.25) is 5.10 Å². The molecule has 1 aromatic carbocycles. The molecule has 0 fully saturated rings. The first-order chi connectivity index (χ1) is 17.2. The lowest BCUT2D eigenvalue weighted by Gasteiger charge is -2.15. The number of imidazole rings is 1. The molecule has 194 valence electrons. The van der Waals surface area contributed by atoms with Gasteiger partial charge in [-0.1, -0.05) is 11.8 Å². The minimum atomic E-state index is -3.40. The van der Waals surface area contributed by atoms with Crippen molar-refractivity contribution in [2.75, 3.05) is 24.4 Å². The zero-order valence-corrected chi connectivity index (χ0v) is 22.3. The lowest BCUT2D eigenvalue weighted by atomic mass is 10.1. The van der Waals surface area contributed by atoms with Crippen molar-refractivity contribution in [3.63, 3.8) is 0 Å². The van der Waals surface area contributed by atoms with E-state index in [1.807, 2.05) is 29.7 Å². The molecule has 13 heteroatoms. The molecule has 0 bridgehead atoms. The predicted octanol–water partition coefficient (Wildman–Crippen LogP) is 3.69. The summed E-state index contributed by atoms with van der Waals surface area (Å²) >= 11 is 1.42. The fraction of sp³-hybridized carbons (Fsp3) is 0.435. The van der Waals surface area contributed by atoms with Gasteiger partial charge in [0.05, 0.1) is 17.2 Å². The molecule has 11 nitrogen and oxygen atoms in total. The molecular weight excluding hydrogens is 502 g/mol. The Morgan fingerprint density at radius 2 is 2.06 bits per heavy atom. The lowest BCUT2D eigenvalue weighted by Crippen LogP contribution is -2.32. The van der Waals surface area contributed by atoms with Crippen LogP contribution in [0.1, 0.15) is 39.8 Å². The van der Waals surface area contributed by atoms with Crippen molar-refractivity contribution in [1.82, 2.24) is 24.5 Å². The number of ether oxygens (including phenoxy) is 2. The van der Waals surface area contributed by atoms with Crippen molar-refractivity contribution in [3.05, 3.63) is 30.1 Å². The van der Waals surface area contributed by atoms with Gasteiger partial charge in [0.15, 0.2) is 16.7 Å². The zero-order valence-electron chi connectivity index (χ0n) is 20.7. The molecule has 0 amide bonds. The maximum Gasteiger partial charge on any atom is 0.231 e. The van der Waals surface area contributed by atoms with Crippen molar-refractivity contribution < 1.29 is 17.9 Å². The number of nitrogens with one attached hydrogen (secondary N) is 4. The van der Waals surface area contributed by atoms with E-state index in [1.165, 1.54) is 11.8 Å². The number of nitrogens with zero attached hydrogens (tertiary/aromatic N) is 3. The van der Waals surface area contributed by atoms with Gasteiger partial charge in [0.2, 0.25) is 16.8 Å². The molecule has 1 aliphatic heterocycles. The van der Waals surface area contributed by atoms with E-state index >= 15 is 0 Å². The van der Waals surface area contributed by atoms with Gasteiger partial charge in [0.25, 0.3) is 0 Å². The Kier molecular flexibility index (Phi) is 7.91. The highest BCUT2D eigenvalue weighted by atomic mass is 32.2. The van der Waals surface area contributed by atoms with Crippen LogP contribution in [0.2, 0.25) is 0 Å². The van der Waals surface area contributed by atoms with E-state index in [2.05, 4.69) is 20.2 Å². The average Bonchev–Trinajstić information content (AvgIpc) is 3.54. The fourth-order valence-electron chi connectivity index (χ4n) is 3.88. The van der Waals surface area contributed by atoms with Gasteiger partial charge in [-0.25, -0.2) is 18.1 Å². The molecule has 4 rings (SSSR count). The summed E-state index contributed by atoms with van der Waals surface area (Å²) in [5.41, 5.74) is 2.54. The van der Waals surface area contributed by atoms with Crippen LogP contribution in [-0.4, -0.2) is 59.0 Å². The van der Waals surface area contributed by atoms with E-state index in [9.17, 15) is 8.42 Å². The first-order valence-electron chi connectivity index (χ1n) is 11.7. The van der Waals surface area contributed by atoms with E-state index in [4.69, 9.17) is 19.9 Å². The number of benzene rings is 1. The van der Waals surface area contributed by atoms with Gasteiger partial charge in [-0.15, -0.1) is 0 Å². The van der Waals surface area contributed by atoms with E-state index in [0.29, 0.717) is 53.4 Å². The molecule has 36 heavy (non-hydrogen) atoms. The van der Waals surface area contributed by atoms with Crippen LogP contribution in [0, 0.1) is 5.41 Å². The van der Waals surface area contributed by atoms with Crippen molar-refractivity contribution in [3.8, 4) is 22.8 Å². The molecular formula is C23H31N7O4S2. The van der Waals surface area contributed by atoms with Crippen LogP contribution in [0.3, 0.4) is 0 Å². The van der Waals surface area contributed by atoms with Gasteiger partial charge in [0, 0.05) is 35.8 Å². The SMILES string of the molecule is CCNc1c(C(C)=N)nc(Sc2cc3c(cc2-c2ccn[nH]2)OCO3)n1CCCS(=O)(=O)NC(C)C. The fourth-order valence-corrected chi connectivity index (χ4v) is 6.30. The first kappa shape index (κ1) is 26.0. The largest absolute Gasteiger partial charge is 0.454 e. The van der Waals surface area contributed by atoms with Crippen LogP contribution in [0.15, 0.2) is 34.4 Å². The minimum absolute atomic E-state index is 0.0125. The molecule has 0 aliphatic carbocycles. The lowest BCUT2D eigenvalue weighted by molar-refractivity contribution is 0.174. The number of aromatic amines is 1. The molecule has 2 aromatic heterocycles. The Hall–Kier alpha value is -3.03. The van der Waals surface area contributed by atoms with Crippen LogP contribution >= 0.6 is 11.8 Å². The number of aromatic nitrogens is 4. The van der Waals surface area contributed by atoms with Gasteiger partial charge in [-0.2, -0.15) is 5.10 Å². The average molecular weight is 534 g/mol. The Bertz CT molecular complexity index is 1330. The summed E-state index contributed by atoms with van der Waals surface area (Å²) in [7, 11) is -3.40. The molecule has 1 aliphatic rings. The monoisotopic (exact) mass is 533 g/mol. The second-order valence-electron chi connectivity index (χ2n) is 8.62. The van der Waals surface area contributed by atoms with Gasteiger partial charge >= 0.3 is 0 Å². The Balaban J connectivity index is 1.71. The topological polar surface area (TPSA) is 147 Å². The number of sulfonamides is 1. The third kappa shape index (κ3) is 5.85. The minimum Gasteiger partial charge on any atom is -0.454 e. The highest BCUT2D eigenvalue weighted by Gasteiger charge is 2.24. The van der Waals surface area contributed by atoms with Crippen molar-refractivity contribution in [2.24, 2.45) is 0 Å². The Morgan fingerprint density at radius 3 is 2.69 bits per heavy atom. The summed E-state index contributed by atoms with van der Waals surface area (Å²) in [6, 6.07) is 5.52. The molecule has 3 heterocycles. The highest BCUT2D eigenvalue weighted by molar-refractivity contribution is 7.99. The van der Waals surface area contributed by atoms with Crippen molar-refractivity contribution in [1.29, 1.82) is 5.41 Å². The summed E-state index contributed by atoms with van der Waals surface area (Å²) in [6.07, 6.45) is 2.07. The maximum atomic E-state index is 12.4. The molecule has 0 saturated carbocycles. The van der Waals surface area contributed by atoms with Crippen LogP contribution in [0.4, 0.5) is 5.82 Å². The molecule has 0 spiro atoms. The number of anilines is 1. The summed E-state index contributed by atoms with van der Waals surface area (Å²) in [4.78, 5) is 5.64. The van der Waals surface area contributed by atoms with Gasteiger partial charge < -0.3 is 24.8 Å². The summed E-state index contributed by atoms with van der Waals surface area (Å²) in [6.45, 7) is 8.45. The first-order valence-corrected chi connectivity index (χ1v) is 14.2. The van der Waals surface area contributed by atoms with Crippen LogP contribution in [0.5, 0.6) is 11.5 Å². The molecule has 0 saturated heterocycles. The van der Waals surface area contributed by atoms with Crippen molar-refractivity contribution >= 4 is 33.3 Å². The highest BCUT2D eigenvalue weighted by Crippen LogP contribution is 2.44. The predicted molar refractivity (Wildman–Crippen MR) is 140 cm³/mol. The third-order valence-corrected chi connectivity index (χ3v) is 8.02. The summed E-state index contributed by atoms with van der Waals surface area (Å²) in [5.74, 6) is 1.98. The Morgan fingerprint density at radius 1 is 1.31 bits per heavy atom. The number of hydrogen-bond donors (Lipinski definition) is 4. The number of fused-ring (bicyclic) bond motifs is 1. The quantitative estimate of drug-likeness (QED) is 0.258. The number of rotatable bonds is 12. The molecule has 0 unspecified atom stereocenters. The standard InChI is InChI=1S/C23H31N7O4S2/c1-5-25-22-21(15(4)24)27-23(30(22)9-6-10-36(31,32)29-14(2)3)35-20-12-19-18(33-13-34-19)11-16(20)17-7-8-26-28-17/h7-8,11-12,14,24-25,29H,5-6,9-10,13H2,1-4H3,(H,26,28). The third-order valence-electron chi connectivity index (χ3n) is 5.31. The smallest absolute Gasteiger partial charge is 0.231 e. The van der Waals surface area contributed by atoms with E-state index in [1.54, 1.807) is 27.0 Å². The van der Waals surface area contributed by atoms with Gasteiger partial charge in [0.1, 0.15) is 11.5 Å². The molecule has 4 N–H and O–H groups in total. The van der Waals surface area contributed by atoms with E-state index < -0.39 is 10.0 Å². The zero-order chi connectivity index (χ0) is 25.9. The van der Waals surface area contributed by atoms with E-state index in [0.717, 1.165) is 16.2 Å². The van der Waals surface area contributed by atoms with Crippen LogP contribution in [-0.2, 0) is 16.6 Å². The van der Waals surface area contributed by atoms with Crippen LogP contribution in [0.25, 0.3) is 11.3 Å². The molecule has 0 atom stereocenters. The summed E-state index contributed by atoms with van der Waals surface area (Å²) in [5, 5.41) is 19.3. The maximum absolute atomic E-state index is 12.4. The van der Waals surface area contributed by atoms with E-state index in [-0.39, 0.29) is 18.6 Å².